The number of Topliss-reactive ketones (excluding diaryl/α,β-unsaturated/α-hetero) is 1. The van der Waals surface area contributed by atoms with Gasteiger partial charge in [-0.2, -0.15) is 0 Å². The number of carbonyl (C=O) groups excluding carboxylic acids is 1. The second kappa shape index (κ2) is 5.38. The molecule has 1 rings (SSSR count). The standard InChI is InChI=1S/C9H16O2.C2H6/c1-7(10)9(2,3)8-5-4-6-11-8;1-2/h8H,4-6H2,1-3H3;1-2H3. The van der Waals surface area contributed by atoms with Crippen LogP contribution in [0.1, 0.15) is 47.5 Å². The first-order valence-corrected chi connectivity index (χ1v) is 5.18. The highest BCUT2D eigenvalue weighted by atomic mass is 16.5. The smallest absolute Gasteiger partial charge is 0.138 e. The fourth-order valence-electron chi connectivity index (χ4n) is 1.37. The van der Waals surface area contributed by atoms with Crippen molar-refractivity contribution in [3.8, 4) is 0 Å². The Balaban J connectivity index is 0.000000671. The normalized spacial score (nSPS) is 22.1. The number of hydrogen-bond donors (Lipinski definition) is 0. The summed E-state index contributed by atoms with van der Waals surface area (Å²) in [5, 5.41) is 0. The summed E-state index contributed by atoms with van der Waals surface area (Å²) in [6.07, 6.45) is 2.29. The monoisotopic (exact) mass is 186 g/mol. The van der Waals surface area contributed by atoms with Gasteiger partial charge in [-0.15, -0.1) is 0 Å². The van der Waals surface area contributed by atoms with Gasteiger partial charge < -0.3 is 4.74 Å². The number of hydrogen-bond acceptors (Lipinski definition) is 2. The minimum Gasteiger partial charge on any atom is -0.377 e. The minimum absolute atomic E-state index is 0.153. The van der Waals surface area contributed by atoms with Gasteiger partial charge in [0.1, 0.15) is 5.78 Å². The Morgan fingerprint density at radius 3 is 2.23 bits per heavy atom. The van der Waals surface area contributed by atoms with E-state index in [9.17, 15) is 4.79 Å². The average molecular weight is 186 g/mol. The topological polar surface area (TPSA) is 26.3 Å². The molecule has 0 amide bonds. The van der Waals surface area contributed by atoms with Gasteiger partial charge >= 0.3 is 0 Å². The zero-order valence-corrected chi connectivity index (χ0v) is 9.52. The molecule has 0 aromatic carbocycles. The van der Waals surface area contributed by atoms with Crippen LogP contribution >= 0.6 is 0 Å². The predicted molar refractivity (Wildman–Crippen MR) is 54.8 cm³/mol. The lowest BCUT2D eigenvalue weighted by Gasteiger charge is -2.27. The second-order valence-electron chi connectivity index (χ2n) is 3.78. The highest BCUT2D eigenvalue weighted by Crippen LogP contribution is 2.31. The molecular weight excluding hydrogens is 164 g/mol. The van der Waals surface area contributed by atoms with E-state index in [4.69, 9.17) is 4.74 Å². The summed E-state index contributed by atoms with van der Waals surface area (Å²) >= 11 is 0. The van der Waals surface area contributed by atoms with Crippen molar-refractivity contribution in [2.45, 2.75) is 53.6 Å². The fourth-order valence-corrected chi connectivity index (χ4v) is 1.37. The van der Waals surface area contributed by atoms with Crippen LogP contribution in [0.3, 0.4) is 0 Å². The molecule has 0 spiro atoms. The molecule has 0 saturated carbocycles. The van der Waals surface area contributed by atoms with Gasteiger partial charge in [-0.1, -0.05) is 27.7 Å². The second-order valence-corrected chi connectivity index (χ2v) is 3.78. The summed E-state index contributed by atoms with van der Waals surface area (Å²) in [5.41, 5.74) is -0.281. The van der Waals surface area contributed by atoms with Crippen LogP contribution in [0.25, 0.3) is 0 Å². The van der Waals surface area contributed by atoms with Crippen molar-refractivity contribution in [1.82, 2.24) is 0 Å². The molecule has 1 aliphatic rings. The summed E-state index contributed by atoms with van der Waals surface area (Å²) in [5.74, 6) is 0.226. The number of ether oxygens (including phenoxy) is 1. The molecular formula is C11H22O2. The van der Waals surface area contributed by atoms with Crippen LogP contribution in [-0.2, 0) is 9.53 Å². The van der Waals surface area contributed by atoms with E-state index in [1.165, 1.54) is 0 Å². The average Bonchev–Trinajstić information content (AvgIpc) is 2.60. The van der Waals surface area contributed by atoms with E-state index in [1.807, 2.05) is 27.7 Å². The van der Waals surface area contributed by atoms with Crippen LogP contribution in [-0.4, -0.2) is 18.5 Å². The van der Waals surface area contributed by atoms with Crippen molar-refractivity contribution in [2.24, 2.45) is 5.41 Å². The molecule has 0 N–H and O–H groups in total. The summed E-state index contributed by atoms with van der Waals surface area (Å²) in [6.45, 7) is 10.4. The van der Waals surface area contributed by atoms with Gasteiger partial charge in [0.05, 0.1) is 6.10 Å². The molecule has 0 bridgehead atoms. The van der Waals surface area contributed by atoms with Gasteiger partial charge in [0.25, 0.3) is 0 Å². The van der Waals surface area contributed by atoms with Gasteiger partial charge in [0.15, 0.2) is 0 Å². The Morgan fingerprint density at radius 1 is 1.38 bits per heavy atom. The van der Waals surface area contributed by atoms with E-state index < -0.39 is 0 Å². The molecule has 2 nitrogen and oxygen atoms in total. The maximum Gasteiger partial charge on any atom is 0.138 e. The molecule has 1 unspecified atom stereocenters. The summed E-state index contributed by atoms with van der Waals surface area (Å²) in [4.78, 5) is 11.2. The van der Waals surface area contributed by atoms with E-state index in [0.717, 1.165) is 19.4 Å². The van der Waals surface area contributed by atoms with Crippen molar-refractivity contribution in [3.63, 3.8) is 0 Å². The molecule has 0 radical (unpaired) electrons. The van der Waals surface area contributed by atoms with Crippen molar-refractivity contribution in [1.29, 1.82) is 0 Å². The Morgan fingerprint density at radius 2 is 1.92 bits per heavy atom. The van der Waals surface area contributed by atoms with Gasteiger partial charge in [-0.25, -0.2) is 0 Å². The number of rotatable bonds is 2. The summed E-state index contributed by atoms with van der Waals surface area (Å²) < 4.78 is 5.46. The van der Waals surface area contributed by atoms with Crippen LogP contribution in [0.4, 0.5) is 0 Å². The fraction of sp³-hybridized carbons (Fsp3) is 0.909. The molecule has 1 aliphatic heterocycles. The first kappa shape index (κ1) is 12.6. The maximum atomic E-state index is 11.2. The van der Waals surface area contributed by atoms with E-state index in [1.54, 1.807) is 6.92 Å². The van der Waals surface area contributed by atoms with Crippen LogP contribution in [0.5, 0.6) is 0 Å². The molecule has 13 heavy (non-hydrogen) atoms. The molecule has 1 heterocycles. The lowest BCUT2D eigenvalue weighted by molar-refractivity contribution is -0.131. The largest absolute Gasteiger partial charge is 0.377 e. The Hall–Kier alpha value is -0.370. The summed E-state index contributed by atoms with van der Waals surface area (Å²) in [7, 11) is 0. The van der Waals surface area contributed by atoms with Crippen LogP contribution in [0.2, 0.25) is 0 Å². The first-order chi connectivity index (χ1) is 6.05. The highest BCUT2D eigenvalue weighted by molar-refractivity contribution is 5.82. The Labute approximate surface area is 81.7 Å². The third kappa shape index (κ3) is 3.11. The zero-order valence-electron chi connectivity index (χ0n) is 9.52. The van der Waals surface area contributed by atoms with E-state index >= 15 is 0 Å². The van der Waals surface area contributed by atoms with Crippen molar-refractivity contribution in [2.75, 3.05) is 6.61 Å². The van der Waals surface area contributed by atoms with Crippen LogP contribution in [0.15, 0.2) is 0 Å². The number of ketones is 1. The predicted octanol–water partition coefficient (Wildman–Crippen LogP) is 2.81. The maximum absolute atomic E-state index is 11.2. The van der Waals surface area contributed by atoms with Gasteiger partial charge in [-0.05, 0) is 19.8 Å². The van der Waals surface area contributed by atoms with Gasteiger partial charge in [-0.3, -0.25) is 4.79 Å². The molecule has 1 saturated heterocycles. The Kier molecular flexibility index (Phi) is 5.23. The summed E-state index contributed by atoms with van der Waals surface area (Å²) in [6, 6.07) is 0. The Bertz CT molecular complexity index is 155. The molecule has 78 valence electrons. The van der Waals surface area contributed by atoms with Crippen molar-refractivity contribution < 1.29 is 9.53 Å². The third-order valence-electron chi connectivity index (χ3n) is 2.64. The van der Waals surface area contributed by atoms with E-state index in [0.29, 0.717) is 0 Å². The van der Waals surface area contributed by atoms with E-state index in [2.05, 4.69) is 0 Å². The van der Waals surface area contributed by atoms with Crippen LogP contribution < -0.4 is 0 Å². The molecule has 0 aromatic heterocycles. The molecule has 1 fully saturated rings. The minimum atomic E-state index is -0.281. The first-order valence-electron chi connectivity index (χ1n) is 5.18. The van der Waals surface area contributed by atoms with Crippen LogP contribution in [0, 0.1) is 5.41 Å². The lowest BCUT2D eigenvalue weighted by atomic mass is 9.81. The van der Waals surface area contributed by atoms with Gasteiger partial charge in [0, 0.05) is 12.0 Å². The SMILES string of the molecule is CC.CC(=O)C(C)(C)C1CCCO1. The lowest BCUT2D eigenvalue weighted by Crippen LogP contribution is -2.35. The van der Waals surface area contributed by atoms with Crippen molar-refractivity contribution in [3.05, 3.63) is 0 Å². The zero-order chi connectivity index (χ0) is 10.5. The van der Waals surface area contributed by atoms with E-state index in [-0.39, 0.29) is 17.3 Å². The molecule has 1 atom stereocenters. The number of carbonyl (C=O) groups is 1. The molecule has 0 aliphatic carbocycles. The highest BCUT2D eigenvalue weighted by Gasteiger charge is 2.36. The quantitative estimate of drug-likeness (QED) is 0.663. The third-order valence-corrected chi connectivity index (χ3v) is 2.64. The van der Waals surface area contributed by atoms with Gasteiger partial charge in [0.2, 0.25) is 0 Å². The molecule has 0 aromatic rings. The van der Waals surface area contributed by atoms with Crippen molar-refractivity contribution >= 4 is 5.78 Å². The molecule has 2 heteroatoms.